The van der Waals surface area contributed by atoms with Crippen LogP contribution in [-0.2, 0) is 4.79 Å². The van der Waals surface area contributed by atoms with E-state index in [0.29, 0.717) is 5.75 Å². The van der Waals surface area contributed by atoms with E-state index in [1.807, 2.05) is 44.2 Å². The number of carbonyl (C=O) groups excluding carboxylic acids is 1. The minimum atomic E-state index is -0.299. The molecule has 0 aliphatic rings. The number of carbonyl (C=O) groups is 1. The molecule has 21 heavy (non-hydrogen) atoms. The summed E-state index contributed by atoms with van der Waals surface area (Å²) >= 11 is 5.01. The maximum atomic E-state index is 11.6. The van der Waals surface area contributed by atoms with Crippen molar-refractivity contribution < 1.29 is 9.53 Å². The number of thiophene rings is 1. The molecule has 0 saturated heterocycles. The summed E-state index contributed by atoms with van der Waals surface area (Å²) in [7, 11) is 0. The molecule has 1 amide bonds. The van der Waals surface area contributed by atoms with E-state index in [0.717, 1.165) is 14.9 Å². The second-order valence-corrected chi connectivity index (χ2v) is 6.64. The molecule has 0 radical (unpaired) electrons. The average molecular weight is 367 g/mol. The topological polar surface area (TPSA) is 50.7 Å². The van der Waals surface area contributed by atoms with Crippen LogP contribution in [0.4, 0.5) is 0 Å². The van der Waals surface area contributed by atoms with Crippen LogP contribution in [0.5, 0.6) is 5.75 Å². The first-order chi connectivity index (χ1) is 10.0. The highest BCUT2D eigenvalue weighted by molar-refractivity contribution is 9.10. The molecule has 1 aromatic heterocycles. The Bertz CT molecular complexity index is 667. The number of amides is 1. The second-order valence-electron chi connectivity index (χ2n) is 4.46. The first kappa shape index (κ1) is 15.7. The lowest BCUT2D eigenvalue weighted by Crippen LogP contribution is -2.24. The third kappa shape index (κ3) is 4.99. The molecule has 0 spiro atoms. The van der Waals surface area contributed by atoms with Gasteiger partial charge in [0.25, 0.3) is 5.91 Å². The number of halogens is 1. The fourth-order valence-corrected chi connectivity index (χ4v) is 2.95. The molecule has 6 heteroatoms. The minimum absolute atomic E-state index is 0.0809. The molecule has 2 rings (SSSR count). The molecule has 0 bridgehead atoms. The Labute approximate surface area is 136 Å². The van der Waals surface area contributed by atoms with Crippen molar-refractivity contribution in [2.24, 2.45) is 5.10 Å². The van der Waals surface area contributed by atoms with Crippen molar-refractivity contribution >= 4 is 39.4 Å². The van der Waals surface area contributed by atoms with Crippen LogP contribution in [0, 0.1) is 13.8 Å². The molecule has 0 aliphatic carbocycles. The number of rotatable bonds is 5. The molecule has 0 saturated carbocycles. The van der Waals surface area contributed by atoms with Crippen LogP contribution < -0.4 is 10.2 Å². The number of hydrogen-bond donors (Lipinski definition) is 1. The third-order valence-electron chi connectivity index (χ3n) is 2.59. The van der Waals surface area contributed by atoms with Gasteiger partial charge >= 0.3 is 0 Å². The van der Waals surface area contributed by atoms with E-state index in [2.05, 4.69) is 26.5 Å². The number of aryl methyl sites for hydroxylation is 2. The third-order valence-corrected chi connectivity index (χ3v) is 4.14. The predicted octanol–water partition coefficient (Wildman–Crippen LogP) is 3.66. The molecule has 4 nitrogen and oxygen atoms in total. The number of hydrazone groups is 1. The zero-order chi connectivity index (χ0) is 15.2. The summed E-state index contributed by atoms with van der Waals surface area (Å²) in [6, 6.07) is 9.64. The van der Waals surface area contributed by atoms with Gasteiger partial charge in [0.2, 0.25) is 0 Å². The first-order valence-electron chi connectivity index (χ1n) is 6.32. The maximum Gasteiger partial charge on any atom is 0.277 e. The Morgan fingerprint density at radius 3 is 2.86 bits per heavy atom. The van der Waals surface area contributed by atoms with Crippen LogP contribution in [0.1, 0.15) is 15.3 Å². The Balaban J connectivity index is 1.81. The normalized spacial score (nSPS) is 10.8. The lowest BCUT2D eigenvalue weighted by atomic mass is 10.2. The minimum Gasteiger partial charge on any atom is -0.483 e. The average Bonchev–Trinajstić information content (AvgIpc) is 2.83. The van der Waals surface area contributed by atoms with Crippen molar-refractivity contribution in [1.82, 2.24) is 5.43 Å². The monoisotopic (exact) mass is 366 g/mol. The lowest BCUT2D eigenvalue weighted by Gasteiger charge is -2.07. The summed E-state index contributed by atoms with van der Waals surface area (Å²) in [5.74, 6) is 0.334. The van der Waals surface area contributed by atoms with E-state index < -0.39 is 0 Å². The number of nitrogens with one attached hydrogen (secondary N) is 1. The van der Waals surface area contributed by atoms with Crippen molar-refractivity contribution in [2.45, 2.75) is 13.8 Å². The van der Waals surface area contributed by atoms with Crippen LogP contribution in [0.15, 0.2) is 39.9 Å². The molecular weight excluding hydrogens is 352 g/mol. The van der Waals surface area contributed by atoms with Gasteiger partial charge in [0.15, 0.2) is 6.61 Å². The van der Waals surface area contributed by atoms with Crippen LogP contribution in [-0.4, -0.2) is 18.7 Å². The van der Waals surface area contributed by atoms with E-state index in [4.69, 9.17) is 4.74 Å². The number of benzene rings is 1. The summed E-state index contributed by atoms with van der Waals surface area (Å²) in [6.07, 6.45) is 1.62. The molecule has 0 fully saturated rings. The lowest BCUT2D eigenvalue weighted by molar-refractivity contribution is -0.123. The van der Waals surface area contributed by atoms with E-state index in [9.17, 15) is 4.79 Å². The Kier molecular flexibility index (Phi) is 5.52. The van der Waals surface area contributed by atoms with Crippen molar-refractivity contribution in [3.8, 4) is 5.75 Å². The summed E-state index contributed by atoms with van der Waals surface area (Å²) in [5, 5.41) is 3.90. The molecule has 110 valence electrons. The van der Waals surface area contributed by atoms with E-state index >= 15 is 0 Å². The largest absolute Gasteiger partial charge is 0.483 e. The number of hydrogen-bond acceptors (Lipinski definition) is 4. The van der Waals surface area contributed by atoms with E-state index in [1.165, 1.54) is 4.88 Å². The number of ether oxygens (including phenoxy) is 1. The highest BCUT2D eigenvalue weighted by Gasteiger charge is 2.05. The van der Waals surface area contributed by atoms with Gasteiger partial charge < -0.3 is 4.74 Å². The van der Waals surface area contributed by atoms with Gasteiger partial charge in [-0.25, -0.2) is 5.43 Å². The maximum absolute atomic E-state index is 11.6. The highest BCUT2D eigenvalue weighted by atomic mass is 79.9. The summed E-state index contributed by atoms with van der Waals surface area (Å²) in [5.41, 5.74) is 3.56. The standard InChI is InChI=1S/C15H15BrN2O2S/c1-10-3-6-14(13(16)7-10)20-9-15(19)18-17-8-12-5-4-11(2)21-12/h3-8H,9H2,1-2H3,(H,18,19)/b17-8-. The van der Waals surface area contributed by atoms with Crippen LogP contribution in [0.3, 0.4) is 0 Å². The van der Waals surface area contributed by atoms with Gasteiger partial charge in [-0.1, -0.05) is 6.07 Å². The van der Waals surface area contributed by atoms with Gasteiger partial charge in [0.1, 0.15) is 5.75 Å². The van der Waals surface area contributed by atoms with Gasteiger partial charge in [0.05, 0.1) is 10.7 Å². The zero-order valence-electron chi connectivity index (χ0n) is 11.7. The molecular formula is C15H15BrN2O2S. The van der Waals surface area contributed by atoms with Crippen molar-refractivity contribution in [3.05, 3.63) is 50.1 Å². The van der Waals surface area contributed by atoms with Gasteiger partial charge in [0, 0.05) is 9.75 Å². The first-order valence-corrected chi connectivity index (χ1v) is 7.93. The van der Waals surface area contributed by atoms with Gasteiger partial charge in [-0.3, -0.25) is 4.79 Å². The Morgan fingerprint density at radius 1 is 1.38 bits per heavy atom. The predicted molar refractivity (Wildman–Crippen MR) is 89.2 cm³/mol. The molecule has 0 aliphatic heterocycles. The fourth-order valence-electron chi connectivity index (χ4n) is 1.59. The summed E-state index contributed by atoms with van der Waals surface area (Å²) < 4.78 is 6.26. The van der Waals surface area contributed by atoms with Gasteiger partial charge in [-0.15, -0.1) is 11.3 Å². The quantitative estimate of drug-likeness (QED) is 0.648. The number of nitrogens with zero attached hydrogens (tertiary/aromatic N) is 1. The van der Waals surface area contributed by atoms with Crippen molar-refractivity contribution in [3.63, 3.8) is 0 Å². The smallest absolute Gasteiger partial charge is 0.277 e. The Morgan fingerprint density at radius 2 is 2.19 bits per heavy atom. The van der Waals surface area contributed by atoms with E-state index in [1.54, 1.807) is 17.6 Å². The molecule has 1 heterocycles. The van der Waals surface area contributed by atoms with Crippen molar-refractivity contribution in [2.75, 3.05) is 6.61 Å². The fraction of sp³-hybridized carbons (Fsp3) is 0.200. The Hall–Kier alpha value is -1.66. The summed E-state index contributed by atoms with van der Waals surface area (Å²) in [6.45, 7) is 3.93. The highest BCUT2D eigenvalue weighted by Crippen LogP contribution is 2.25. The molecule has 0 atom stereocenters. The molecule has 1 aromatic carbocycles. The van der Waals surface area contributed by atoms with Crippen LogP contribution in [0.2, 0.25) is 0 Å². The zero-order valence-corrected chi connectivity index (χ0v) is 14.1. The van der Waals surface area contributed by atoms with Gasteiger partial charge in [-0.2, -0.15) is 5.10 Å². The van der Waals surface area contributed by atoms with E-state index in [-0.39, 0.29) is 12.5 Å². The van der Waals surface area contributed by atoms with Gasteiger partial charge in [-0.05, 0) is 59.6 Å². The summed E-state index contributed by atoms with van der Waals surface area (Å²) in [4.78, 5) is 13.8. The SMILES string of the molecule is Cc1ccc(OCC(=O)N/N=C\c2ccc(C)s2)c(Br)c1. The van der Waals surface area contributed by atoms with Crippen LogP contribution in [0.25, 0.3) is 0 Å². The van der Waals surface area contributed by atoms with Crippen molar-refractivity contribution in [1.29, 1.82) is 0 Å². The molecule has 0 unspecified atom stereocenters. The van der Waals surface area contributed by atoms with Crippen LogP contribution >= 0.6 is 27.3 Å². The molecule has 2 aromatic rings. The second kappa shape index (κ2) is 7.38. The molecule has 1 N–H and O–H groups in total.